The minimum Gasteiger partial charge on any atom is -0.492 e. The van der Waals surface area contributed by atoms with Gasteiger partial charge in [-0.25, -0.2) is 14.6 Å². The first-order valence-electron chi connectivity index (χ1n) is 5.64. The van der Waals surface area contributed by atoms with Crippen molar-refractivity contribution in [2.45, 2.75) is 19.3 Å². The Bertz CT molecular complexity index is 602. The zero-order valence-corrected chi connectivity index (χ0v) is 11.0. The third-order valence-electron chi connectivity index (χ3n) is 2.40. The van der Waals surface area contributed by atoms with Crippen molar-refractivity contribution in [1.29, 1.82) is 0 Å². The molecule has 0 unspecified atom stereocenters. The van der Waals surface area contributed by atoms with E-state index >= 15 is 0 Å². The Morgan fingerprint density at radius 1 is 0.957 bits per heavy atom. The number of hydrogen-bond donors (Lipinski definition) is 2. The molecule has 0 fully saturated rings. The van der Waals surface area contributed by atoms with Crippen LogP contribution in [-0.4, -0.2) is 33.7 Å². The number of alkyl halides is 6. The fourth-order valence-corrected chi connectivity index (χ4v) is 1.66. The molecule has 0 amide bonds. The van der Waals surface area contributed by atoms with Crippen LogP contribution in [0, 0.1) is 0 Å². The molecule has 0 saturated carbocycles. The van der Waals surface area contributed by atoms with Crippen LogP contribution in [0.25, 0.3) is 0 Å². The van der Waals surface area contributed by atoms with Crippen LogP contribution in [0.5, 0.6) is 5.75 Å². The highest BCUT2D eigenvalue weighted by molar-refractivity contribution is 6.00. The van der Waals surface area contributed by atoms with Crippen molar-refractivity contribution < 1.29 is 50.9 Å². The Balaban J connectivity index is 4.07. The molecule has 0 atom stereocenters. The molecule has 0 saturated heterocycles. The highest BCUT2D eigenvalue weighted by Gasteiger charge is 2.47. The van der Waals surface area contributed by atoms with Crippen molar-refractivity contribution in [2.75, 3.05) is 6.61 Å². The van der Waals surface area contributed by atoms with Crippen molar-refractivity contribution in [3.8, 4) is 5.75 Å². The zero-order valence-electron chi connectivity index (χ0n) is 11.0. The molecule has 6 nitrogen and oxygen atoms in total. The van der Waals surface area contributed by atoms with Crippen molar-refractivity contribution >= 4 is 11.9 Å². The summed E-state index contributed by atoms with van der Waals surface area (Å²) in [4.78, 5) is 24.2. The van der Waals surface area contributed by atoms with E-state index in [1.807, 2.05) is 0 Å². The zero-order chi connectivity index (χ0) is 18.2. The lowest BCUT2D eigenvalue weighted by Gasteiger charge is -2.19. The number of pyridine rings is 1. The van der Waals surface area contributed by atoms with Gasteiger partial charge >= 0.3 is 24.3 Å². The van der Waals surface area contributed by atoms with E-state index in [4.69, 9.17) is 10.2 Å². The lowest BCUT2D eigenvalue weighted by Crippen LogP contribution is -2.25. The first kappa shape index (κ1) is 18.5. The Kier molecular flexibility index (Phi) is 4.77. The molecule has 0 spiro atoms. The molecule has 0 aliphatic rings. The molecule has 0 aromatic carbocycles. The average molecular weight is 347 g/mol. The molecule has 12 heteroatoms. The maximum atomic E-state index is 12.8. The number of halogens is 6. The molecule has 2 N–H and O–H groups in total. The monoisotopic (exact) mass is 347 g/mol. The quantitative estimate of drug-likeness (QED) is 0.813. The smallest absolute Gasteiger partial charge is 0.434 e. The summed E-state index contributed by atoms with van der Waals surface area (Å²) in [5, 5.41) is 17.7. The number of carbonyl (C=O) groups is 2. The summed E-state index contributed by atoms with van der Waals surface area (Å²) >= 11 is 0. The molecule has 128 valence electrons. The third-order valence-corrected chi connectivity index (χ3v) is 2.40. The predicted octanol–water partition coefficient (Wildman–Crippen LogP) is 2.91. The maximum Gasteiger partial charge on any atom is 0.434 e. The first-order chi connectivity index (χ1) is 10.3. The van der Waals surface area contributed by atoms with E-state index in [0.717, 1.165) is 6.92 Å². The topological polar surface area (TPSA) is 96.7 Å². The van der Waals surface area contributed by atoms with Crippen LogP contribution in [0.1, 0.15) is 39.0 Å². The molecule has 0 radical (unpaired) electrons. The third kappa shape index (κ3) is 3.63. The molecular weight excluding hydrogens is 340 g/mol. The minimum absolute atomic E-state index is 0.570. The number of aromatic nitrogens is 1. The SMILES string of the molecule is CCOc1c(C(=O)O)c(C(F)(F)F)nc(C(F)(F)F)c1C(=O)O. The number of hydrogen-bond acceptors (Lipinski definition) is 4. The maximum absolute atomic E-state index is 12.8. The summed E-state index contributed by atoms with van der Waals surface area (Å²) in [5.74, 6) is -6.21. The highest BCUT2D eigenvalue weighted by atomic mass is 19.4. The second-order valence-corrected chi connectivity index (χ2v) is 3.93. The summed E-state index contributed by atoms with van der Waals surface area (Å²) < 4.78 is 81.5. The Hall–Kier alpha value is -2.53. The van der Waals surface area contributed by atoms with Gasteiger partial charge in [0.05, 0.1) is 6.61 Å². The molecule has 0 aliphatic heterocycles. The molecule has 1 heterocycles. The van der Waals surface area contributed by atoms with Crippen LogP contribution in [0.3, 0.4) is 0 Å². The number of aromatic carboxylic acids is 2. The summed E-state index contributed by atoms with van der Waals surface area (Å²) in [6, 6.07) is 0. The van der Waals surface area contributed by atoms with E-state index in [-0.39, 0.29) is 0 Å². The Morgan fingerprint density at radius 2 is 1.30 bits per heavy atom. The second kappa shape index (κ2) is 5.93. The highest BCUT2D eigenvalue weighted by Crippen LogP contribution is 2.42. The lowest BCUT2D eigenvalue weighted by molar-refractivity contribution is -0.151. The fourth-order valence-electron chi connectivity index (χ4n) is 1.66. The van der Waals surface area contributed by atoms with Crippen LogP contribution in [0.15, 0.2) is 0 Å². The van der Waals surface area contributed by atoms with Crippen LogP contribution in [0.2, 0.25) is 0 Å². The number of nitrogens with zero attached hydrogens (tertiary/aromatic N) is 1. The standard InChI is InChI=1S/C11H7F6NO5/c1-2-23-5-3(8(19)20)6(10(12,13)14)18-7(11(15,16)17)4(5)9(21)22/h2H2,1H3,(H,19,20)(H,21,22). The molecule has 1 aromatic rings. The number of rotatable bonds is 4. The van der Waals surface area contributed by atoms with Crippen molar-refractivity contribution in [2.24, 2.45) is 0 Å². The van der Waals surface area contributed by atoms with Crippen molar-refractivity contribution in [1.82, 2.24) is 4.98 Å². The molecule has 0 aliphatic carbocycles. The molecular formula is C11H7F6NO5. The summed E-state index contributed by atoms with van der Waals surface area (Å²) in [6.45, 7) is 0.553. The van der Waals surface area contributed by atoms with Gasteiger partial charge in [-0.15, -0.1) is 0 Å². The second-order valence-electron chi connectivity index (χ2n) is 3.93. The first-order valence-corrected chi connectivity index (χ1v) is 5.64. The minimum atomic E-state index is -5.57. The van der Waals surface area contributed by atoms with Gasteiger partial charge in [0.2, 0.25) is 0 Å². The van der Waals surface area contributed by atoms with Gasteiger partial charge in [-0.2, -0.15) is 26.3 Å². The molecule has 1 rings (SSSR count). The summed E-state index contributed by atoms with van der Waals surface area (Å²) in [6.07, 6.45) is -11.1. The van der Waals surface area contributed by atoms with Gasteiger partial charge in [-0.1, -0.05) is 0 Å². The molecule has 0 bridgehead atoms. The van der Waals surface area contributed by atoms with Crippen molar-refractivity contribution in [3.63, 3.8) is 0 Å². The van der Waals surface area contributed by atoms with E-state index in [1.54, 1.807) is 0 Å². The molecule has 23 heavy (non-hydrogen) atoms. The van der Waals surface area contributed by atoms with Gasteiger partial charge in [0, 0.05) is 0 Å². The largest absolute Gasteiger partial charge is 0.492 e. The number of ether oxygens (including phenoxy) is 1. The van der Waals surface area contributed by atoms with E-state index in [2.05, 4.69) is 9.72 Å². The van der Waals surface area contributed by atoms with Gasteiger partial charge in [0.1, 0.15) is 11.1 Å². The predicted molar refractivity (Wildman–Crippen MR) is 59.3 cm³/mol. The van der Waals surface area contributed by atoms with Crippen molar-refractivity contribution in [3.05, 3.63) is 22.5 Å². The number of carboxylic acids is 2. The van der Waals surface area contributed by atoms with Crippen LogP contribution >= 0.6 is 0 Å². The Morgan fingerprint density at radius 3 is 1.52 bits per heavy atom. The van der Waals surface area contributed by atoms with Gasteiger partial charge in [0.25, 0.3) is 0 Å². The summed E-state index contributed by atoms with van der Waals surface area (Å²) in [5.41, 5.74) is -8.40. The van der Waals surface area contributed by atoms with Crippen LogP contribution in [0.4, 0.5) is 26.3 Å². The molecule has 1 aromatic heterocycles. The van der Waals surface area contributed by atoms with Crippen LogP contribution < -0.4 is 4.74 Å². The van der Waals surface area contributed by atoms with E-state index in [1.165, 1.54) is 0 Å². The van der Waals surface area contributed by atoms with Crippen LogP contribution in [-0.2, 0) is 12.4 Å². The lowest BCUT2D eigenvalue weighted by atomic mass is 10.0. The van der Waals surface area contributed by atoms with E-state index in [0.29, 0.717) is 0 Å². The number of carboxylic acid groups (broad SMARTS) is 2. The average Bonchev–Trinajstić information content (AvgIpc) is 2.34. The fraction of sp³-hybridized carbons (Fsp3) is 0.364. The van der Waals surface area contributed by atoms with Gasteiger partial charge in [-0.05, 0) is 6.92 Å². The summed E-state index contributed by atoms with van der Waals surface area (Å²) in [7, 11) is 0. The van der Waals surface area contributed by atoms with E-state index in [9.17, 15) is 35.9 Å². The van der Waals surface area contributed by atoms with Gasteiger partial charge < -0.3 is 14.9 Å². The Labute approximate surface area is 123 Å². The van der Waals surface area contributed by atoms with E-state index < -0.39 is 59.2 Å². The van der Waals surface area contributed by atoms with Gasteiger partial charge in [-0.3, -0.25) is 0 Å². The van der Waals surface area contributed by atoms with Gasteiger partial charge in [0.15, 0.2) is 17.1 Å². The normalized spacial score (nSPS) is 12.1.